The average Bonchev–Trinajstić information content (AvgIpc) is 2.17. The highest BCUT2D eigenvalue weighted by Crippen LogP contribution is 2.33. The lowest BCUT2D eigenvalue weighted by atomic mass is 9.86. The van der Waals surface area contributed by atoms with Gasteiger partial charge in [0.05, 0.1) is 5.56 Å². The van der Waals surface area contributed by atoms with E-state index in [-0.39, 0.29) is 17.3 Å². The molecule has 0 aromatic heterocycles. The van der Waals surface area contributed by atoms with Gasteiger partial charge < -0.3 is 4.74 Å². The molecule has 0 N–H and O–H groups in total. The van der Waals surface area contributed by atoms with Crippen LogP contribution in [-0.2, 0) is 0 Å². The number of halogens is 1. The second kappa shape index (κ2) is 4.13. The molecule has 1 aliphatic rings. The largest absolute Gasteiger partial charge is 0.489 e. The molecular weight excluding hydrogens is 219 g/mol. The first-order chi connectivity index (χ1) is 7.85. The van der Waals surface area contributed by atoms with Gasteiger partial charge >= 0.3 is 0 Å². The quantitative estimate of drug-likeness (QED) is 0.744. The number of hydrogen-bond donors (Lipinski definition) is 0. The summed E-state index contributed by atoms with van der Waals surface area (Å²) in [5.74, 6) is 0.0897. The molecule has 1 aliphatic heterocycles. The molecule has 17 heavy (non-hydrogen) atoms. The summed E-state index contributed by atoms with van der Waals surface area (Å²) >= 11 is 0. The zero-order valence-electron chi connectivity index (χ0n) is 10.4. The lowest BCUT2D eigenvalue weighted by Gasteiger charge is -2.30. The Kier molecular flexibility index (Phi) is 2.94. The minimum Gasteiger partial charge on any atom is -0.489 e. The zero-order chi connectivity index (χ0) is 12.6. The Morgan fingerprint density at radius 2 is 2.12 bits per heavy atom. The van der Waals surface area contributed by atoms with Gasteiger partial charge in [-0.1, -0.05) is 20.8 Å². The Bertz CT molecular complexity index is 446. The Morgan fingerprint density at radius 3 is 2.76 bits per heavy atom. The summed E-state index contributed by atoms with van der Waals surface area (Å²) in [5.41, 5.74) is 0.484. The number of ketones is 1. The molecule has 0 radical (unpaired) electrons. The standard InChI is InChI=1S/C14H17FO2/c1-14(2,3)8-10-7-12(16)11-6-9(15)4-5-13(11)17-10/h4-6,10H,7-8H2,1-3H3. The zero-order valence-corrected chi connectivity index (χ0v) is 10.4. The monoisotopic (exact) mass is 236 g/mol. The SMILES string of the molecule is CC(C)(C)CC1CC(=O)c2cc(F)ccc2O1. The first kappa shape index (κ1) is 12.1. The van der Waals surface area contributed by atoms with E-state index in [1.807, 2.05) is 0 Å². The van der Waals surface area contributed by atoms with Crippen molar-refractivity contribution in [3.05, 3.63) is 29.6 Å². The van der Waals surface area contributed by atoms with Gasteiger partial charge in [-0.05, 0) is 30.0 Å². The molecule has 0 amide bonds. The van der Waals surface area contributed by atoms with Gasteiger partial charge in [-0.2, -0.15) is 0 Å². The minimum absolute atomic E-state index is 0.0278. The van der Waals surface area contributed by atoms with E-state index in [4.69, 9.17) is 4.74 Å². The van der Waals surface area contributed by atoms with E-state index in [9.17, 15) is 9.18 Å². The van der Waals surface area contributed by atoms with Crippen LogP contribution in [0.3, 0.4) is 0 Å². The van der Waals surface area contributed by atoms with Gasteiger partial charge in [0, 0.05) is 6.42 Å². The van der Waals surface area contributed by atoms with Crippen LogP contribution in [0.5, 0.6) is 5.75 Å². The normalized spacial score (nSPS) is 19.8. The van der Waals surface area contributed by atoms with E-state index in [0.717, 1.165) is 6.42 Å². The minimum atomic E-state index is -0.394. The molecule has 1 heterocycles. The predicted octanol–water partition coefficient (Wildman–Crippen LogP) is 3.60. The second-order valence-electron chi connectivity index (χ2n) is 5.77. The molecule has 1 aromatic carbocycles. The fraction of sp³-hybridized carbons (Fsp3) is 0.500. The lowest BCUT2D eigenvalue weighted by Crippen LogP contribution is -2.30. The fourth-order valence-corrected chi connectivity index (χ4v) is 2.16. The van der Waals surface area contributed by atoms with Crippen molar-refractivity contribution in [2.45, 2.75) is 39.7 Å². The van der Waals surface area contributed by atoms with Crippen molar-refractivity contribution in [2.24, 2.45) is 5.41 Å². The van der Waals surface area contributed by atoms with E-state index in [1.165, 1.54) is 18.2 Å². The van der Waals surface area contributed by atoms with E-state index < -0.39 is 5.82 Å². The van der Waals surface area contributed by atoms with Gasteiger partial charge in [0.15, 0.2) is 5.78 Å². The van der Waals surface area contributed by atoms with Crippen LogP contribution in [0.25, 0.3) is 0 Å². The second-order valence-corrected chi connectivity index (χ2v) is 5.77. The van der Waals surface area contributed by atoms with Gasteiger partial charge in [-0.15, -0.1) is 0 Å². The Hall–Kier alpha value is -1.38. The molecule has 1 unspecified atom stereocenters. The summed E-state index contributed by atoms with van der Waals surface area (Å²) in [4.78, 5) is 11.9. The molecule has 2 nitrogen and oxygen atoms in total. The fourth-order valence-electron chi connectivity index (χ4n) is 2.16. The van der Waals surface area contributed by atoms with E-state index in [0.29, 0.717) is 17.7 Å². The van der Waals surface area contributed by atoms with Gasteiger partial charge in [0.1, 0.15) is 17.7 Å². The van der Waals surface area contributed by atoms with Crippen molar-refractivity contribution in [3.8, 4) is 5.75 Å². The van der Waals surface area contributed by atoms with Crippen LogP contribution in [-0.4, -0.2) is 11.9 Å². The molecule has 92 valence electrons. The number of Topliss-reactive ketones (excluding diaryl/α,β-unsaturated/α-hetero) is 1. The summed E-state index contributed by atoms with van der Waals surface area (Å²) in [6.07, 6.45) is 1.06. The summed E-state index contributed by atoms with van der Waals surface area (Å²) in [5, 5.41) is 0. The van der Waals surface area contributed by atoms with Crippen LogP contribution in [0.1, 0.15) is 44.0 Å². The molecule has 0 fully saturated rings. The number of carbonyl (C=O) groups excluding carboxylic acids is 1. The van der Waals surface area contributed by atoms with Crippen LogP contribution in [0, 0.1) is 11.2 Å². The van der Waals surface area contributed by atoms with Crippen molar-refractivity contribution in [2.75, 3.05) is 0 Å². The number of ether oxygens (including phenoxy) is 1. The highest BCUT2D eigenvalue weighted by Gasteiger charge is 2.29. The van der Waals surface area contributed by atoms with E-state index >= 15 is 0 Å². The highest BCUT2D eigenvalue weighted by molar-refractivity contribution is 5.99. The molecule has 2 rings (SSSR count). The Balaban J connectivity index is 2.22. The summed E-state index contributed by atoms with van der Waals surface area (Å²) < 4.78 is 18.8. The number of rotatable bonds is 1. The van der Waals surface area contributed by atoms with Crippen LogP contribution < -0.4 is 4.74 Å². The van der Waals surface area contributed by atoms with Crippen molar-refractivity contribution in [1.82, 2.24) is 0 Å². The molecular formula is C14H17FO2. The molecule has 1 aromatic rings. The Morgan fingerprint density at radius 1 is 1.41 bits per heavy atom. The molecule has 0 spiro atoms. The maximum atomic E-state index is 13.0. The van der Waals surface area contributed by atoms with E-state index in [2.05, 4.69) is 20.8 Å². The van der Waals surface area contributed by atoms with Crippen LogP contribution >= 0.6 is 0 Å². The maximum absolute atomic E-state index is 13.0. The molecule has 0 aliphatic carbocycles. The highest BCUT2D eigenvalue weighted by atomic mass is 19.1. The van der Waals surface area contributed by atoms with E-state index in [1.54, 1.807) is 0 Å². The Labute approximate surface area is 101 Å². The average molecular weight is 236 g/mol. The number of fused-ring (bicyclic) bond motifs is 1. The summed E-state index contributed by atoms with van der Waals surface area (Å²) in [6.45, 7) is 6.34. The maximum Gasteiger partial charge on any atom is 0.170 e. The van der Waals surface area contributed by atoms with Crippen LogP contribution in [0.2, 0.25) is 0 Å². The molecule has 0 bridgehead atoms. The number of carbonyl (C=O) groups is 1. The third-order valence-electron chi connectivity index (χ3n) is 2.79. The van der Waals surface area contributed by atoms with Gasteiger partial charge in [-0.3, -0.25) is 4.79 Å². The lowest BCUT2D eigenvalue weighted by molar-refractivity contribution is 0.0775. The number of benzene rings is 1. The van der Waals surface area contributed by atoms with Crippen molar-refractivity contribution < 1.29 is 13.9 Å². The van der Waals surface area contributed by atoms with Gasteiger partial charge in [0.2, 0.25) is 0 Å². The smallest absolute Gasteiger partial charge is 0.170 e. The first-order valence-corrected chi connectivity index (χ1v) is 5.84. The molecule has 3 heteroatoms. The summed E-state index contributed by atoms with van der Waals surface area (Å²) in [7, 11) is 0. The molecule has 0 saturated heterocycles. The van der Waals surface area contributed by atoms with Crippen LogP contribution in [0.4, 0.5) is 4.39 Å². The van der Waals surface area contributed by atoms with Gasteiger partial charge in [0.25, 0.3) is 0 Å². The first-order valence-electron chi connectivity index (χ1n) is 5.84. The molecule has 1 atom stereocenters. The predicted molar refractivity (Wildman–Crippen MR) is 63.8 cm³/mol. The van der Waals surface area contributed by atoms with Gasteiger partial charge in [-0.25, -0.2) is 4.39 Å². The molecule has 0 saturated carbocycles. The topological polar surface area (TPSA) is 26.3 Å². The van der Waals surface area contributed by atoms with Crippen LogP contribution in [0.15, 0.2) is 18.2 Å². The number of hydrogen-bond acceptors (Lipinski definition) is 2. The third-order valence-corrected chi connectivity index (χ3v) is 2.79. The third kappa shape index (κ3) is 2.84. The van der Waals surface area contributed by atoms with Crippen molar-refractivity contribution in [3.63, 3.8) is 0 Å². The summed E-state index contributed by atoms with van der Waals surface area (Å²) in [6, 6.07) is 4.12. The van der Waals surface area contributed by atoms with Crippen molar-refractivity contribution in [1.29, 1.82) is 0 Å². The van der Waals surface area contributed by atoms with Crippen molar-refractivity contribution >= 4 is 5.78 Å².